The molecule has 0 spiro atoms. The summed E-state index contributed by atoms with van der Waals surface area (Å²) in [4.78, 5) is 0. The SMILES string of the molecule is COc1cccc(CCl)c1OC1CCCCCC1. The summed E-state index contributed by atoms with van der Waals surface area (Å²) >= 11 is 5.98. The van der Waals surface area contributed by atoms with E-state index in [0.29, 0.717) is 12.0 Å². The number of benzene rings is 1. The number of methoxy groups -OCH3 is 1. The minimum atomic E-state index is 0.311. The van der Waals surface area contributed by atoms with Gasteiger partial charge in [-0.1, -0.05) is 25.0 Å². The molecule has 0 bridgehead atoms. The summed E-state index contributed by atoms with van der Waals surface area (Å²) < 4.78 is 11.5. The Kier molecular flexibility index (Phi) is 5.18. The lowest BCUT2D eigenvalue weighted by molar-refractivity contribution is 0.175. The molecule has 1 aromatic rings. The van der Waals surface area contributed by atoms with Crippen molar-refractivity contribution in [3.05, 3.63) is 23.8 Å². The summed E-state index contributed by atoms with van der Waals surface area (Å²) in [7, 11) is 1.67. The highest BCUT2D eigenvalue weighted by molar-refractivity contribution is 6.17. The molecule has 0 aromatic heterocycles. The molecule has 0 aliphatic heterocycles. The van der Waals surface area contributed by atoms with Gasteiger partial charge in [0.1, 0.15) is 0 Å². The van der Waals surface area contributed by atoms with E-state index in [9.17, 15) is 0 Å². The van der Waals surface area contributed by atoms with Gasteiger partial charge in [0.2, 0.25) is 0 Å². The smallest absolute Gasteiger partial charge is 0.165 e. The molecule has 3 heteroatoms. The Morgan fingerprint density at radius 1 is 1.17 bits per heavy atom. The normalized spacial score (nSPS) is 17.2. The Morgan fingerprint density at radius 2 is 1.89 bits per heavy atom. The largest absolute Gasteiger partial charge is 0.493 e. The van der Waals surface area contributed by atoms with Gasteiger partial charge < -0.3 is 9.47 Å². The Labute approximate surface area is 114 Å². The molecule has 0 atom stereocenters. The quantitative estimate of drug-likeness (QED) is 0.590. The van der Waals surface area contributed by atoms with Gasteiger partial charge in [-0.05, 0) is 31.7 Å². The molecule has 1 aliphatic carbocycles. The van der Waals surface area contributed by atoms with Crippen LogP contribution in [-0.4, -0.2) is 13.2 Å². The number of para-hydroxylation sites is 1. The van der Waals surface area contributed by atoms with Gasteiger partial charge in [-0.25, -0.2) is 0 Å². The maximum atomic E-state index is 6.17. The third kappa shape index (κ3) is 3.32. The Balaban J connectivity index is 2.15. The van der Waals surface area contributed by atoms with Crippen LogP contribution in [0.1, 0.15) is 44.1 Å². The van der Waals surface area contributed by atoms with Gasteiger partial charge in [0.15, 0.2) is 11.5 Å². The standard InChI is InChI=1S/C15H21ClO2/c1-17-14-10-6-7-12(11-16)15(14)18-13-8-4-2-3-5-9-13/h6-7,10,13H,2-5,8-9,11H2,1H3. The van der Waals surface area contributed by atoms with Crippen LogP contribution in [0.4, 0.5) is 0 Å². The van der Waals surface area contributed by atoms with Crippen LogP contribution in [0.15, 0.2) is 18.2 Å². The van der Waals surface area contributed by atoms with Crippen molar-refractivity contribution in [3.8, 4) is 11.5 Å². The number of halogens is 1. The van der Waals surface area contributed by atoms with E-state index in [4.69, 9.17) is 21.1 Å². The first-order valence-electron chi connectivity index (χ1n) is 6.73. The van der Waals surface area contributed by atoms with Gasteiger partial charge in [0.25, 0.3) is 0 Å². The molecule has 0 saturated heterocycles. The molecular weight excluding hydrogens is 248 g/mol. The van der Waals surface area contributed by atoms with E-state index in [1.54, 1.807) is 7.11 Å². The predicted molar refractivity (Wildman–Crippen MR) is 74.7 cm³/mol. The average Bonchev–Trinajstić information content (AvgIpc) is 2.67. The lowest BCUT2D eigenvalue weighted by atomic mass is 10.1. The van der Waals surface area contributed by atoms with Gasteiger partial charge in [-0.2, -0.15) is 0 Å². The Hall–Kier alpha value is -0.890. The maximum absolute atomic E-state index is 6.17. The molecular formula is C15H21ClO2. The van der Waals surface area contributed by atoms with Crippen molar-refractivity contribution in [1.82, 2.24) is 0 Å². The predicted octanol–water partition coefficient (Wildman–Crippen LogP) is 4.54. The Morgan fingerprint density at radius 3 is 2.50 bits per heavy atom. The van der Waals surface area contributed by atoms with E-state index >= 15 is 0 Å². The molecule has 0 unspecified atom stereocenters. The molecule has 0 heterocycles. The molecule has 2 rings (SSSR count). The number of ether oxygens (including phenoxy) is 2. The summed E-state index contributed by atoms with van der Waals surface area (Å²) in [6.07, 6.45) is 7.76. The van der Waals surface area contributed by atoms with E-state index in [-0.39, 0.29) is 0 Å². The summed E-state index contributed by atoms with van der Waals surface area (Å²) in [6, 6.07) is 5.89. The van der Waals surface area contributed by atoms with Crippen LogP contribution >= 0.6 is 11.6 Å². The van der Waals surface area contributed by atoms with Gasteiger partial charge in [-0.3, -0.25) is 0 Å². The van der Waals surface area contributed by atoms with E-state index < -0.39 is 0 Å². The highest BCUT2D eigenvalue weighted by Gasteiger charge is 2.18. The van der Waals surface area contributed by atoms with Crippen molar-refractivity contribution in [2.45, 2.75) is 50.5 Å². The van der Waals surface area contributed by atoms with E-state index in [0.717, 1.165) is 29.9 Å². The van der Waals surface area contributed by atoms with E-state index in [1.807, 2.05) is 18.2 Å². The molecule has 1 aromatic carbocycles. The monoisotopic (exact) mass is 268 g/mol. The molecule has 0 radical (unpaired) electrons. The highest BCUT2D eigenvalue weighted by Crippen LogP contribution is 2.34. The molecule has 0 N–H and O–H groups in total. The van der Waals surface area contributed by atoms with Crippen molar-refractivity contribution in [2.75, 3.05) is 7.11 Å². The van der Waals surface area contributed by atoms with Gasteiger partial charge in [-0.15, -0.1) is 11.6 Å². The number of alkyl halides is 1. The highest BCUT2D eigenvalue weighted by atomic mass is 35.5. The number of hydrogen-bond donors (Lipinski definition) is 0. The van der Waals surface area contributed by atoms with Crippen LogP contribution in [-0.2, 0) is 5.88 Å². The van der Waals surface area contributed by atoms with Crippen molar-refractivity contribution in [1.29, 1.82) is 0 Å². The Bertz CT molecular complexity index is 349. The summed E-state index contributed by atoms with van der Waals surface area (Å²) in [5.74, 6) is 2.08. The number of rotatable bonds is 4. The van der Waals surface area contributed by atoms with Crippen LogP contribution in [0.5, 0.6) is 11.5 Å². The lowest BCUT2D eigenvalue weighted by Gasteiger charge is -2.20. The second kappa shape index (κ2) is 6.89. The second-order valence-electron chi connectivity index (χ2n) is 4.81. The third-order valence-electron chi connectivity index (χ3n) is 3.51. The van der Waals surface area contributed by atoms with Crippen molar-refractivity contribution in [3.63, 3.8) is 0 Å². The van der Waals surface area contributed by atoms with Crippen molar-refractivity contribution < 1.29 is 9.47 Å². The zero-order chi connectivity index (χ0) is 12.8. The first-order chi connectivity index (χ1) is 8.85. The van der Waals surface area contributed by atoms with Crippen molar-refractivity contribution >= 4 is 11.6 Å². The minimum absolute atomic E-state index is 0.311. The van der Waals surface area contributed by atoms with Gasteiger partial charge in [0.05, 0.1) is 19.1 Å². The number of hydrogen-bond acceptors (Lipinski definition) is 2. The molecule has 100 valence electrons. The summed E-state index contributed by atoms with van der Waals surface area (Å²) in [5, 5.41) is 0. The zero-order valence-electron chi connectivity index (χ0n) is 11.0. The molecule has 1 aliphatic rings. The fourth-order valence-electron chi connectivity index (χ4n) is 2.49. The molecule has 2 nitrogen and oxygen atoms in total. The van der Waals surface area contributed by atoms with Crippen LogP contribution in [0, 0.1) is 0 Å². The van der Waals surface area contributed by atoms with Crippen molar-refractivity contribution in [2.24, 2.45) is 0 Å². The fourth-order valence-corrected chi connectivity index (χ4v) is 2.70. The van der Waals surface area contributed by atoms with E-state index in [2.05, 4.69) is 0 Å². The first-order valence-corrected chi connectivity index (χ1v) is 7.27. The molecule has 18 heavy (non-hydrogen) atoms. The lowest BCUT2D eigenvalue weighted by Crippen LogP contribution is -2.16. The average molecular weight is 269 g/mol. The third-order valence-corrected chi connectivity index (χ3v) is 3.80. The van der Waals surface area contributed by atoms with Crippen LogP contribution in [0.3, 0.4) is 0 Å². The second-order valence-corrected chi connectivity index (χ2v) is 5.08. The fraction of sp³-hybridized carbons (Fsp3) is 0.600. The first kappa shape index (κ1) is 13.5. The maximum Gasteiger partial charge on any atom is 0.165 e. The van der Waals surface area contributed by atoms with Gasteiger partial charge >= 0.3 is 0 Å². The zero-order valence-corrected chi connectivity index (χ0v) is 11.7. The topological polar surface area (TPSA) is 18.5 Å². The molecule has 1 fully saturated rings. The van der Waals surface area contributed by atoms with Gasteiger partial charge in [0, 0.05) is 5.56 Å². The van der Waals surface area contributed by atoms with Crippen LogP contribution < -0.4 is 9.47 Å². The van der Waals surface area contributed by atoms with Crippen LogP contribution in [0.2, 0.25) is 0 Å². The summed E-state index contributed by atoms with van der Waals surface area (Å²) in [5.41, 5.74) is 1.01. The minimum Gasteiger partial charge on any atom is -0.493 e. The molecule has 0 amide bonds. The summed E-state index contributed by atoms with van der Waals surface area (Å²) in [6.45, 7) is 0. The van der Waals surface area contributed by atoms with E-state index in [1.165, 1.54) is 25.7 Å². The molecule has 1 saturated carbocycles. The van der Waals surface area contributed by atoms with Crippen LogP contribution in [0.25, 0.3) is 0 Å².